The average molecular weight is 291 g/mol. The van der Waals surface area contributed by atoms with Crippen molar-refractivity contribution in [3.8, 4) is 0 Å². The molecule has 1 fully saturated rings. The van der Waals surface area contributed by atoms with E-state index in [0.29, 0.717) is 5.92 Å². The van der Waals surface area contributed by atoms with Crippen molar-refractivity contribution in [2.75, 3.05) is 19.8 Å². The summed E-state index contributed by atoms with van der Waals surface area (Å²) in [5, 5.41) is 12.6. The Balaban J connectivity index is 1.74. The number of hydrogen-bond acceptors (Lipinski definition) is 3. The standard InChI is InChI=1S/C17H25NO3/c1-17(2,14-6-4-3-5-7-14)16(20)18-10-15(19)12-21-11-13-8-9-13/h3-7,13,15,19H,8-12H2,1-2H3,(H,18,20). The molecule has 1 aliphatic carbocycles. The molecule has 4 nitrogen and oxygen atoms in total. The fraction of sp³-hybridized carbons (Fsp3) is 0.588. The first kappa shape index (κ1) is 16.0. The van der Waals surface area contributed by atoms with Gasteiger partial charge in [0.05, 0.1) is 18.1 Å². The molecule has 21 heavy (non-hydrogen) atoms. The van der Waals surface area contributed by atoms with Crippen LogP contribution in [0.2, 0.25) is 0 Å². The molecule has 116 valence electrons. The normalized spacial score (nSPS) is 16.5. The molecule has 1 atom stereocenters. The molecule has 1 saturated carbocycles. The minimum Gasteiger partial charge on any atom is -0.389 e. The third-order valence-corrected chi connectivity index (χ3v) is 3.92. The molecule has 1 unspecified atom stereocenters. The molecule has 2 N–H and O–H groups in total. The van der Waals surface area contributed by atoms with Crippen molar-refractivity contribution < 1.29 is 14.6 Å². The van der Waals surface area contributed by atoms with Gasteiger partial charge in [0.1, 0.15) is 0 Å². The fourth-order valence-electron chi connectivity index (χ4n) is 2.13. The molecule has 0 radical (unpaired) electrons. The van der Waals surface area contributed by atoms with E-state index in [1.807, 2.05) is 44.2 Å². The monoisotopic (exact) mass is 291 g/mol. The van der Waals surface area contributed by atoms with E-state index < -0.39 is 11.5 Å². The van der Waals surface area contributed by atoms with Crippen molar-refractivity contribution in [2.24, 2.45) is 5.92 Å². The molecular weight excluding hydrogens is 266 g/mol. The third kappa shape index (κ3) is 4.83. The molecule has 0 heterocycles. The molecule has 0 aromatic heterocycles. The van der Waals surface area contributed by atoms with Crippen molar-refractivity contribution in [3.63, 3.8) is 0 Å². The van der Waals surface area contributed by atoms with Gasteiger partial charge in [-0.2, -0.15) is 0 Å². The number of nitrogens with one attached hydrogen (secondary N) is 1. The summed E-state index contributed by atoms with van der Waals surface area (Å²) in [6.07, 6.45) is 1.81. The Morgan fingerprint density at radius 2 is 2.05 bits per heavy atom. The highest BCUT2D eigenvalue weighted by molar-refractivity contribution is 5.87. The first-order chi connectivity index (χ1) is 10.00. The van der Waals surface area contributed by atoms with Crippen LogP contribution in [0.1, 0.15) is 32.3 Å². The zero-order valence-corrected chi connectivity index (χ0v) is 12.8. The summed E-state index contributed by atoms with van der Waals surface area (Å²) >= 11 is 0. The van der Waals surface area contributed by atoms with E-state index in [9.17, 15) is 9.90 Å². The lowest BCUT2D eigenvalue weighted by Gasteiger charge is -2.25. The molecule has 2 rings (SSSR count). The van der Waals surface area contributed by atoms with E-state index in [4.69, 9.17) is 4.74 Å². The number of ether oxygens (including phenoxy) is 1. The summed E-state index contributed by atoms with van der Waals surface area (Å²) in [6.45, 7) is 4.99. The minimum atomic E-state index is -0.653. The molecule has 0 spiro atoms. The van der Waals surface area contributed by atoms with Crippen LogP contribution in [-0.4, -0.2) is 36.9 Å². The van der Waals surface area contributed by atoms with E-state index in [0.717, 1.165) is 12.2 Å². The second-order valence-electron chi connectivity index (χ2n) is 6.34. The number of aliphatic hydroxyl groups is 1. The van der Waals surface area contributed by atoms with Gasteiger partial charge in [-0.3, -0.25) is 4.79 Å². The number of benzene rings is 1. The summed E-state index contributed by atoms with van der Waals surface area (Å²) in [7, 11) is 0. The minimum absolute atomic E-state index is 0.0880. The van der Waals surface area contributed by atoms with Crippen LogP contribution >= 0.6 is 0 Å². The van der Waals surface area contributed by atoms with Crippen molar-refractivity contribution in [2.45, 2.75) is 38.2 Å². The van der Waals surface area contributed by atoms with Crippen LogP contribution in [0, 0.1) is 5.92 Å². The van der Waals surface area contributed by atoms with Crippen LogP contribution in [0.4, 0.5) is 0 Å². The Labute approximate surface area is 126 Å². The molecule has 1 amide bonds. The Bertz CT molecular complexity index is 454. The molecule has 1 aliphatic rings. The lowest BCUT2D eigenvalue weighted by Crippen LogP contribution is -2.44. The van der Waals surface area contributed by atoms with Gasteiger partial charge in [0.2, 0.25) is 5.91 Å². The topological polar surface area (TPSA) is 58.6 Å². The van der Waals surface area contributed by atoms with Gasteiger partial charge >= 0.3 is 0 Å². The molecule has 0 saturated heterocycles. The van der Waals surface area contributed by atoms with Crippen LogP contribution in [0.5, 0.6) is 0 Å². The summed E-state index contributed by atoms with van der Waals surface area (Å²) in [5.41, 5.74) is 0.345. The average Bonchev–Trinajstić information content (AvgIpc) is 3.30. The maximum Gasteiger partial charge on any atom is 0.230 e. The maximum atomic E-state index is 12.3. The van der Waals surface area contributed by atoms with Crippen molar-refractivity contribution in [1.82, 2.24) is 5.32 Å². The van der Waals surface area contributed by atoms with E-state index in [-0.39, 0.29) is 19.1 Å². The van der Waals surface area contributed by atoms with Crippen LogP contribution < -0.4 is 5.32 Å². The lowest BCUT2D eigenvalue weighted by atomic mass is 9.84. The smallest absolute Gasteiger partial charge is 0.230 e. The number of carbonyl (C=O) groups excluding carboxylic acids is 1. The Hall–Kier alpha value is -1.39. The molecular formula is C17H25NO3. The zero-order chi connectivity index (χ0) is 15.3. The van der Waals surface area contributed by atoms with Crippen molar-refractivity contribution in [1.29, 1.82) is 0 Å². The predicted molar refractivity (Wildman–Crippen MR) is 82.0 cm³/mol. The van der Waals surface area contributed by atoms with E-state index in [1.165, 1.54) is 12.8 Å². The molecule has 1 aromatic carbocycles. The first-order valence-electron chi connectivity index (χ1n) is 7.60. The van der Waals surface area contributed by atoms with Gasteiger partial charge in [-0.15, -0.1) is 0 Å². The number of amides is 1. The number of rotatable bonds is 8. The summed E-state index contributed by atoms with van der Waals surface area (Å²) in [4.78, 5) is 12.3. The number of hydrogen-bond donors (Lipinski definition) is 2. The SMILES string of the molecule is CC(C)(C(=O)NCC(O)COCC1CC1)c1ccccc1. The van der Waals surface area contributed by atoms with Crippen LogP contribution in [0.25, 0.3) is 0 Å². The quantitative estimate of drug-likeness (QED) is 0.769. The third-order valence-electron chi connectivity index (χ3n) is 3.92. The van der Waals surface area contributed by atoms with Crippen molar-refractivity contribution >= 4 is 5.91 Å². The van der Waals surface area contributed by atoms with E-state index in [2.05, 4.69) is 5.32 Å². The zero-order valence-electron chi connectivity index (χ0n) is 12.8. The molecule has 4 heteroatoms. The highest BCUT2D eigenvalue weighted by Gasteiger charge is 2.29. The first-order valence-corrected chi connectivity index (χ1v) is 7.60. The van der Waals surface area contributed by atoms with Gasteiger partial charge in [0.15, 0.2) is 0 Å². The highest BCUT2D eigenvalue weighted by Crippen LogP contribution is 2.28. The second-order valence-corrected chi connectivity index (χ2v) is 6.34. The maximum absolute atomic E-state index is 12.3. The van der Waals surface area contributed by atoms with Gasteiger partial charge in [0, 0.05) is 13.2 Å². The lowest BCUT2D eigenvalue weighted by molar-refractivity contribution is -0.126. The molecule has 1 aromatic rings. The number of aliphatic hydroxyl groups excluding tert-OH is 1. The second kappa shape index (κ2) is 7.05. The molecule has 0 aliphatic heterocycles. The van der Waals surface area contributed by atoms with Gasteiger partial charge in [-0.1, -0.05) is 30.3 Å². The van der Waals surface area contributed by atoms with Crippen LogP contribution in [-0.2, 0) is 14.9 Å². The van der Waals surface area contributed by atoms with Crippen molar-refractivity contribution in [3.05, 3.63) is 35.9 Å². The van der Waals surface area contributed by atoms with E-state index >= 15 is 0 Å². The Kier molecular flexibility index (Phi) is 5.37. The highest BCUT2D eigenvalue weighted by atomic mass is 16.5. The predicted octanol–water partition coefficient (Wildman–Crippen LogP) is 1.87. The summed E-state index contributed by atoms with van der Waals surface area (Å²) in [5.74, 6) is 0.596. The van der Waals surface area contributed by atoms with Gasteiger partial charge < -0.3 is 15.2 Å². The van der Waals surface area contributed by atoms with Gasteiger partial charge in [-0.05, 0) is 38.2 Å². The largest absolute Gasteiger partial charge is 0.389 e. The summed E-state index contributed by atoms with van der Waals surface area (Å²) in [6, 6.07) is 9.65. The number of carbonyl (C=O) groups is 1. The van der Waals surface area contributed by atoms with E-state index in [1.54, 1.807) is 0 Å². The van der Waals surface area contributed by atoms with Gasteiger partial charge in [-0.25, -0.2) is 0 Å². The Morgan fingerprint density at radius 1 is 1.38 bits per heavy atom. The fourth-order valence-corrected chi connectivity index (χ4v) is 2.13. The van der Waals surface area contributed by atoms with Gasteiger partial charge in [0.25, 0.3) is 0 Å². The Morgan fingerprint density at radius 3 is 2.67 bits per heavy atom. The van der Waals surface area contributed by atoms with Crippen LogP contribution in [0.3, 0.4) is 0 Å². The van der Waals surface area contributed by atoms with Crippen LogP contribution in [0.15, 0.2) is 30.3 Å². The summed E-state index contributed by atoms with van der Waals surface area (Å²) < 4.78 is 5.42. The molecule has 0 bridgehead atoms.